The number of imidazole rings is 1. The van der Waals surface area contributed by atoms with Crippen molar-refractivity contribution in [3.63, 3.8) is 0 Å². The van der Waals surface area contributed by atoms with Gasteiger partial charge in [0.15, 0.2) is 0 Å². The Morgan fingerprint density at radius 3 is 3.00 bits per heavy atom. The van der Waals surface area contributed by atoms with Crippen LogP contribution >= 0.6 is 0 Å². The number of nitrogens with one attached hydrogen (secondary N) is 2. The van der Waals surface area contributed by atoms with Gasteiger partial charge in [-0.25, -0.2) is 4.98 Å². The molecule has 0 fully saturated rings. The van der Waals surface area contributed by atoms with E-state index < -0.39 is 0 Å². The van der Waals surface area contributed by atoms with Gasteiger partial charge in [0.05, 0.1) is 13.1 Å². The van der Waals surface area contributed by atoms with Crippen LogP contribution in [-0.2, 0) is 13.1 Å². The van der Waals surface area contributed by atoms with Gasteiger partial charge in [-0.2, -0.15) is 0 Å². The lowest BCUT2D eigenvalue weighted by Gasteiger charge is -1.99. The number of aryl methyl sites for hydroxylation is 1. The number of aromatic amines is 1. The third-order valence-electron chi connectivity index (χ3n) is 1.94. The summed E-state index contributed by atoms with van der Waals surface area (Å²) in [7, 11) is 0. The molecule has 0 amide bonds. The van der Waals surface area contributed by atoms with Crippen molar-refractivity contribution in [2.45, 2.75) is 20.0 Å². The molecule has 4 heteroatoms. The number of rotatable bonds is 4. The van der Waals surface area contributed by atoms with E-state index in [1.54, 1.807) is 6.20 Å². The van der Waals surface area contributed by atoms with Crippen molar-refractivity contribution in [3.05, 3.63) is 41.9 Å². The molecule has 0 saturated carbocycles. The van der Waals surface area contributed by atoms with Gasteiger partial charge in [0.25, 0.3) is 0 Å². The summed E-state index contributed by atoms with van der Waals surface area (Å²) in [6, 6.07) is 3.94. The number of hydrogen-bond donors (Lipinski definition) is 2. The summed E-state index contributed by atoms with van der Waals surface area (Å²) in [6.07, 6.45) is 3.56. The third-order valence-corrected chi connectivity index (χ3v) is 1.94. The summed E-state index contributed by atoms with van der Waals surface area (Å²) < 4.78 is 5.41. The molecular formula is C10H13N3O. The first-order valence-corrected chi connectivity index (χ1v) is 4.59. The molecule has 2 heterocycles. The zero-order valence-corrected chi connectivity index (χ0v) is 8.08. The molecule has 4 nitrogen and oxygen atoms in total. The minimum Gasteiger partial charge on any atom is -0.465 e. The summed E-state index contributed by atoms with van der Waals surface area (Å²) in [5.74, 6) is 2.84. The largest absolute Gasteiger partial charge is 0.465 e. The molecule has 14 heavy (non-hydrogen) atoms. The lowest BCUT2D eigenvalue weighted by Crippen LogP contribution is -2.13. The molecule has 0 aromatic carbocycles. The lowest BCUT2D eigenvalue weighted by molar-refractivity contribution is 0.460. The molecule has 0 unspecified atom stereocenters. The Bertz CT molecular complexity index is 378. The van der Waals surface area contributed by atoms with Crippen molar-refractivity contribution in [2.75, 3.05) is 0 Å². The van der Waals surface area contributed by atoms with Crippen molar-refractivity contribution in [1.29, 1.82) is 0 Å². The summed E-state index contributed by atoms with van der Waals surface area (Å²) in [6.45, 7) is 3.40. The van der Waals surface area contributed by atoms with E-state index in [0.717, 1.165) is 30.4 Å². The van der Waals surface area contributed by atoms with Gasteiger partial charge in [-0.15, -0.1) is 0 Å². The maximum Gasteiger partial charge on any atom is 0.120 e. The maximum absolute atomic E-state index is 5.41. The van der Waals surface area contributed by atoms with Crippen LogP contribution in [0.5, 0.6) is 0 Å². The molecule has 0 radical (unpaired) electrons. The molecule has 0 aliphatic heterocycles. The predicted octanol–water partition coefficient (Wildman–Crippen LogP) is 1.60. The van der Waals surface area contributed by atoms with E-state index in [2.05, 4.69) is 15.3 Å². The van der Waals surface area contributed by atoms with Crippen LogP contribution in [0.4, 0.5) is 0 Å². The van der Waals surface area contributed by atoms with Gasteiger partial charge in [0.2, 0.25) is 0 Å². The van der Waals surface area contributed by atoms with Crippen LogP contribution in [-0.4, -0.2) is 9.97 Å². The van der Waals surface area contributed by atoms with Crippen molar-refractivity contribution in [2.24, 2.45) is 0 Å². The lowest BCUT2D eigenvalue weighted by atomic mass is 10.4. The second-order valence-corrected chi connectivity index (χ2v) is 3.15. The molecule has 2 N–H and O–H groups in total. The van der Waals surface area contributed by atoms with Crippen LogP contribution in [0.15, 0.2) is 28.9 Å². The van der Waals surface area contributed by atoms with Crippen LogP contribution in [0, 0.1) is 6.92 Å². The van der Waals surface area contributed by atoms with E-state index in [4.69, 9.17) is 4.42 Å². The normalized spacial score (nSPS) is 10.6. The highest BCUT2D eigenvalue weighted by Crippen LogP contribution is 2.05. The van der Waals surface area contributed by atoms with Crippen molar-refractivity contribution < 1.29 is 4.42 Å². The second-order valence-electron chi connectivity index (χ2n) is 3.15. The zero-order chi connectivity index (χ0) is 9.80. The molecule has 0 atom stereocenters. The Labute approximate surface area is 82.4 Å². The average molecular weight is 191 g/mol. The van der Waals surface area contributed by atoms with E-state index in [1.807, 2.05) is 25.3 Å². The molecular weight excluding hydrogens is 178 g/mol. The van der Waals surface area contributed by atoms with Gasteiger partial charge in [-0.05, 0) is 19.1 Å². The zero-order valence-electron chi connectivity index (χ0n) is 8.08. The van der Waals surface area contributed by atoms with Crippen molar-refractivity contribution in [1.82, 2.24) is 15.3 Å². The van der Waals surface area contributed by atoms with E-state index in [1.165, 1.54) is 0 Å². The van der Waals surface area contributed by atoms with E-state index in [-0.39, 0.29) is 0 Å². The number of H-pyrrole nitrogens is 1. The highest BCUT2D eigenvalue weighted by atomic mass is 16.3. The highest BCUT2D eigenvalue weighted by Gasteiger charge is 1.98. The quantitative estimate of drug-likeness (QED) is 0.771. The Kier molecular flexibility index (Phi) is 2.65. The van der Waals surface area contributed by atoms with E-state index in [9.17, 15) is 0 Å². The molecule has 74 valence electrons. The van der Waals surface area contributed by atoms with Gasteiger partial charge in [0.1, 0.15) is 17.3 Å². The van der Waals surface area contributed by atoms with Crippen molar-refractivity contribution in [3.8, 4) is 0 Å². The Balaban J connectivity index is 1.78. The monoisotopic (exact) mass is 191 g/mol. The minimum atomic E-state index is 0.729. The Hall–Kier alpha value is -1.55. The van der Waals surface area contributed by atoms with E-state index in [0.29, 0.717) is 0 Å². The van der Waals surface area contributed by atoms with Crippen LogP contribution in [0.2, 0.25) is 0 Å². The van der Waals surface area contributed by atoms with Crippen molar-refractivity contribution >= 4 is 0 Å². The third kappa shape index (κ3) is 2.23. The molecule has 0 aliphatic carbocycles. The van der Waals surface area contributed by atoms with Gasteiger partial charge in [-0.3, -0.25) is 0 Å². The first-order chi connectivity index (χ1) is 6.84. The van der Waals surface area contributed by atoms with Crippen LogP contribution < -0.4 is 5.32 Å². The standard InChI is InChI=1S/C10H13N3O/c1-8-2-3-9(14-8)6-11-7-10-12-4-5-13-10/h2-5,11H,6-7H2,1H3,(H,12,13). The molecule has 0 spiro atoms. The first-order valence-electron chi connectivity index (χ1n) is 4.59. The first kappa shape index (κ1) is 9.02. The second kappa shape index (κ2) is 4.11. The summed E-state index contributed by atoms with van der Waals surface area (Å²) in [5.41, 5.74) is 0. The molecule has 2 rings (SSSR count). The fraction of sp³-hybridized carbons (Fsp3) is 0.300. The fourth-order valence-corrected chi connectivity index (χ4v) is 1.28. The Morgan fingerprint density at radius 2 is 2.36 bits per heavy atom. The number of furan rings is 1. The van der Waals surface area contributed by atoms with Crippen LogP contribution in [0.1, 0.15) is 17.3 Å². The summed E-state index contributed by atoms with van der Waals surface area (Å²) in [5, 5.41) is 3.23. The SMILES string of the molecule is Cc1ccc(CNCc2ncc[nH]2)o1. The fourth-order valence-electron chi connectivity index (χ4n) is 1.28. The van der Waals surface area contributed by atoms with Gasteiger partial charge < -0.3 is 14.7 Å². The molecule has 2 aromatic rings. The number of aromatic nitrogens is 2. The molecule has 0 aliphatic rings. The summed E-state index contributed by atoms with van der Waals surface area (Å²) in [4.78, 5) is 7.13. The van der Waals surface area contributed by atoms with Crippen LogP contribution in [0.25, 0.3) is 0 Å². The summed E-state index contributed by atoms with van der Waals surface area (Å²) >= 11 is 0. The van der Waals surface area contributed by atoms with Gasteiger partial charge >= 0.3 is 0 Å². The Morgan fingerprint density at radius 1 is 1.43 bits per heavy atom. The molecule has 0 bridgehead atoms. The molecule has 0 saturated heterocycles. The number of hydrogen-bond acceptors (Lipinski definition) is 3. The predicted molar refractivity (Wildman–Crippen MR) is 52.6 cm³/mol. The van der Waals surface area contributed by atoms with E-state index >= 15 is 0 Å². The minimum absolute atomic E-state index is 0.729. The maximum atomic E-state index is 5.41. The molecule has 2 aromatic heterocycles. The van der Waals surface area contributed by atoms with Crippen LogP contribution in [0.3, 0.4) is 0 Å². The average Bonchev–Trinajstić information content (AvgIpc) is 2.77. The highest BCUT2D eigenvalue weighted by molar-refractivity contribution is 5.05. The van der Waals surface area contributed by atoms with Gasteiger partial charge in [0, 0.05) is 12.4 Å². The smallest absolute Gasteiger partial charge is 0.120 e. The van der Waals surface area contributed by atoms with Gasteiger partial charge in [-0.1, -0.05) is 0 Å². The number of nitrogens with zero attached hydrogens (tertiary/aromatic N) is 1. The topological polar surface area (TPSA) is 53.9 Å².